The standard InChI is InChI=1S/C79H142O17P2/c1-5-9-13-17-21-25-29-33-36-40-43-47-51-55-59-63-76(81)89-69-74(95-78(83)65-61-57-53-49-45-39-32-28-24-20-16-12-8-4)71-93-97(85,86)91-67-73(80)68-92-98(87,88)94-72-75(96-79(84)66-62-58-54-50-46-42-38-35-31-27-23-19-15-11-7-3)70-90-77(82)64-60-56-52-48-44-41-37-34-30-26-22-18-14-10-6-2/h10,14,16,20,22,26,28,32,34,37,44,48,73-75,80H,5-9,11-13,15,17-19,21,23-25,27,29-31,33,35-36,38-43,45-47,49-72H2,1-4H3,(H,85,86)(H,87,88)/b14-10-,20-16-,26-22-,32-28-,37-34-,48-44-. The summed E-state index contributed by atoms with van der Waals surface area (Å²) < 4.78 is 68.5. The van der Waals surface area contributed by atoms with Crippen LogP contribution in [-0.2, 0) is 65.4 Å². The van der Waals surface area contributed by atoms with Crippen LogP contribution in [0.15, 0.2) is 72.9 Å². The molecule has 5 unspecified atom stereocenters. The van der Waals surface area contributed by atoms with Gasteiger partial charge in [-0.05, 0) is 89.9 Å². The van der Waals surface area contributed by atoms with Gasteiger partial charge in [0.15, 0.2) is 12.2 Å². The van der Waals surface area contributed by atoms with E-state index in [0.717, 1.165) is 135 Å². The fourth-order valence-electron chi connectivity index (χ4n) is 10.7. The van der Waals surface area contributed by atoms with Crippen LogP contribution in [-0.4, -0.2) is 96.7 Å². The molecule has 0 spiro atoms. The second-order valence-electron chi connectivity index (χ2n) is 26.3. The lowest BCUT2D eigenvalue weighted by Gasteiger charge is -2.21. The summed E-state index contributed by atoms with van der Waals surface area (Å²) in [6.45, 7) is 4.70. The minimum atomic E-state index is -4.98. The smallest absolute Gasteiger partial charge is 0.462 e. The lowest BCUT2D eigenvalue weighted by molar-refractivity contribution is -0.161. The maximum atomic E-state index is 13.1. The van der Waals surface area contributed by atoms with Gasteiger partial charge in [-0.15, -0.1) is 0 Å². The number of ether oxygens (including phenoxy) is 4. The van der Waals surface area contributed by atoms with Gasteiger partial charge in [0.05, 0.1) is 26.4 Å². The summed E-state index contributed by atoms with van der Waals surface area (Å²) in [5, 5.41) is 10.6. The number of aliphatic hydroxyl groups is 1. The molecular weight excluding hydrogens is 1280 g/mol. The van der Waals surface area contributed by atoms with E-state index in [2.05, 4.69) is 101 Å². The molecule has 5 atom stereocenters. The Kier molecular flexibility index (Phi) is 69.3. The number of esters is 4. The zero-order valence-electron chi connectivity index (χ0n) is 62.2. The minimum absolute atomic E-state index is 0.0823. The first-order chi connectivity index (χ1) is 47.7. The molecule has 0 rings (SSSR count). The number of hydrogen-bond donors (Lipinski definition) is 3. The first-order valence-electron chi connectivity index (χ1n) is 39.2. The van der Waals surface area contributed by atoms with Crippen molar-refractivity contribution in [3.05, 3.63) is 72.9 Å². The number of hydrogen-bond acceptors (Lipinski definition) is 15. The highest BCUT2D eigenvalue weighted by atomic mass is 31.2. The van der Waals surface area contributed by atoms with Gasteiger partial charge in [-0.3, -0.25) is 37.3 Å². The summed E-state index contributed by atoms with van der Waals surface area (Å²) >= 11 is 0. The van der Waals surface area contributed by atoms with Crippen LogP contribution in [0.1, 0.15) is 349 Å². The van der Waals surface area contributed by atoms with Crippen LogP contribution in [0.3, 0.4) is 0 Å². The average molecular weight is 1430 g/mol. The fourth-order valence-corrected chi connectivity index (χ4v) is 12.3. The quantitative estimate of drug-likeness (QED) is 0.0169. The van der Waals surface area contributed by atoms with Crippen molar-refractivity contribution >= 4 is 39.5 Å². The van der Waals surface area contributed by atoms with E-state index in [1.54, 1.807) is 0 Å². The largest absolute Gasteiger partial charge is 0.472 e. The first-order valence-corrected chi connectivity index (χ1v) is 42.2. The summed E-state index contributed by atoms with van der Waals surface area (Å²) in [5.74, 6) is -2.21. The maximum Gasteiger partial charge on any atom is 0.472 e. The average Bonchev–Trinajstić information content (AvgIpc) is 1.04. The Morgan fingerprint density at radius 3 is 0.878 bits per heavy atom. The highest BCUT2D eigenvalue weighted by Gasteiger charge is 2.30. The maximum absolute atomic E-state index is 13.1. The fraction of sp³-hybridized carbons (Fsp3) is 0.797. The van der Waals surface area contributed by atoms with Crippen LogP contribution in [0.5, 0.6) is 0 Å². The van der Waals surface area contributed by atoms with Crippen molar-refractivity contribution < 1.29 is 80.2 Å². The van der Waals surface area contributed by atoms with E-state index in [1.807, 2.05) is 0 Å². The molecule has 570 valence electrons. The first kappa shape index (κ1) is 94.5. The van der Waals surface area contributed by atoms with Crippen LogP contribution in [0.25, 0.3) is 0 Å². The molecule has 0 amide bonds. The SMILES string of the molecule is CC/C=C\C/C=C\C/C=C\C/C=C\CCCCC(=O)OCC(COP(=O)(O)OCC(O)COP(=O)(O)OCC(COC(=O)CCCCCCCCCCCCCCCCC)OC(=O)CCCCCCC/C=C\C/C=C\CCC)OC(=O)CCCCCCCCCCCCCCCCC. The van der Waals surface area contributed by atoms with Crippen molar-refractivity contribution in [1.29, 1.82) is 0 Å². The van der Waals surface area contributed by atoms with E-state index in [1.165, 1.54) is 135 Å². The zero-order valence-corrected chi connectivity index (χ0v) is 64.0. The van der Waals surface area contributed by atoms with Gasteiger partial charge in [-0.2, -0.15) is 0 Å². The minimum Gasteiger partial charge on any atom is -0.462 e. The van der Waals surface area contributed by atoms with Gasteiger partial charge in [0.2, 0.25) is 0 Å². The lowest BCUT2D eigenvalue weighted by Crippen LogP contribution is -2.30. The van der Waals surface area contributed by atoms with Gasteiger partial charge in [0.25, 0.3) is 0 Å². The molecule has 0 radical (unpaired) electrons. The predicted molar refractivity (Wildman–Crippen MR) is 400 cm³/mol. The third-order valence-electron chi connectivity index (χ3n) is 16.7. The lowest BCUT2D eigenvalue weighted by atomic mass is 10.0. The molecule has 19 heteroatoms. The van der Waals surface area contributed by atoms with E-state index in [-0.39, 0.29) is 25.7 Å². The molecule has 0 saturated carbocycles. The molecule has 3 N–H and O–H groups in total. The molecule has 0 aliphatic rings. The number of carbonyl (C=O) groups is 4. The van der Waals surface area contributed by atoms with E-state index < -0.39 is 97.5 Å². The number of aliphatic hydroxyl groups excluding tert-OH is 1. The third-order valence-corrected chi connectivity index (χ3v) is 18.6. The van der Waals surface area contributed by atoms with E-state index in [4.69, 9.17) is 37.0 Å². The Morgan fingerprint density at radius 2 is 0.551 bits per heavy atom. The summed E-state index contributed by atoms with van der Waals surface area (Å²) in [6, 6.07) is 0. The second kappa shape index (κ2) is 71.9. The summed E-state index contributed by atoms with van der Waals surface area (Å²) in [7, 11) is -9.95. The zero-order chi connectivity index (χ0) is 71.8. The molecule has 98 heavy (non-hydrogen) atoms. The van der Waals surface area contributed by atoms with Crippen LogP contribution < -0.4 is 0 Å². The van der Waals surface area contributed by atoms with Gasteiger partial charge in [-0.1, -0.05) is 306 Å². The highest BCUT2D eigenvalue weighted by Crippen LogP contribution is 2.45. The molecule has 0 aromatic carbocycles. The molecule has 0 aromatic heterocycles. The van der Waals surface area contributed by atoms with Gasteiger partial charge in [0.1, 0.15) is 19.3 Å². The highest BCUT2D eigenvalue weighted by molar-refractivity contribution is 7.47. The summed E-state index contributed by atoms with van der Waals surface area (Å²) in [5.41, 5.74) is 0. The number of carbonyl (C=O) groups excluding carboxylic acids is 4. The van der Waals surface area contributed by atoms with Gasteiger partial charge in [-0.25, -0.2) is 9.13 Å². The normalized spacial score (nSPS) is 14.3. The van der Waals surface area contributed by atoms with E-state index in [0.29, 0.717) is 25.7 Å². The third kappa shape index (κ3) is 70.9. The van der Waals surface area contributed by atoms with Crippen LogP contribution in [0.2, 0.25) is 0 Å². The van der Waals surface area contributed by atoms with Gasteiger partial charge < -0.3 is 33.8 Å². The number of allylic oxidation sites excluding steroid dienone is 12. The van der Waals surface area contributed by atoms with Crippen LogP contribution in [0, 0.1) is 0 Å². The van der Waals surface area contributed by atoms with Crippen LogP contribution in [0.4, 0.5) is 0 Å². The van der Waals surface area contributed by atoms with E-state index in [9.17, 15) is 43.2 Å². The van der Waals surface area contributed by atoms with E-state index >= 15 is 0 Å². The van der Waals surface area contributed by atoms with Crippen molar-refractivity contribution in [1.82, 2.24) is 0 Å². The van der Waals surface area contributed by atoms with Crippen molar-refractivity contribution in [3.8, 4) is 0 Å². The molecule has 0 fully saturated rings. The molecule has 17 nitrogen and oxygen atoms in total. The van der Waals surface area contributed by atoms with Crippen molar-refractivity contribution in [2.45, 2.75) is 367 Å². The molecule has 0 aliphatic heterocycles. The Labute approximate surface area is 596 Å². The van der Waals surface area contributed by atoms with Crippen molar-refractivity contribution in [2.75, 3.05) is 39.6 Å². The molecule has 0 saturated heterocycles. The van der Waals surface area contributed by atoms with Crippen molar-refractivity contribution in [2.24, 2.45) is 0 Å². The Bertz CT molecular complexity index is 2140. The number of phosphoric acid groups is 2. The topological polar surface area (TPSA) is 237 Å². The molecular formula is C79H142O17P2. The monoisotopic (exact) mass is 1420 g/mol. The van der Waals surface area contributed by atoms with Crippen molar-refractivity contribution in [3.63, 3.8) is 0 Å². The Balaban J connectivity index is 5.35. The molecule has 0 heterocycles. The second-order valence-corrected chi connectivity index (χ2v) is 29.2. The Morgan fingerprint density at radius 1 is 0.296 bits per heavy atom. The predicted octanol–water partition coefficient (Wildman–Crippen LogP) is 22.4. The summed E-state index contributed by atoms with van der Waals surface area (Å²) in [4.78, 5) is 72.9. The van der Waals surface area contributed by atoms with Gasteiger partial charge in [0, 0.05) is 25.7 Å². The number of unbranched alkanes of at least 4 members (excludes halogenated alkanes) is 36. The van der Waals surface area contributed by atoms with Crippen LogP contribution >= 0.6 is 15.6 Å². The molecule has 0 aromatic rings. The number of phosphoric ester groups is 2. The number of rotatable bonds is 74. The molecule has 0 bridgehead atoms. The molecule has 0 aliphatic carbocycles. The van der Waals surface area contributed by atoms with Gasteiger partial charge >= 0.3 is 39.5 Å². The summed E-state index contributed by atoms with van der Waals surface area (Å²) in [6.07, 6.45) is 71.7. The Hall–Kier alpha value is -3.50.